The van der Waals surface area contributed by atoms with Gasteiger partial charge in [-0.05, 0) is 25.0 Å². The molecule has 0 radical (unpaired) electrons. The molecular formula is C11H14N2. The molecule has 1 N–H and O–H groups in total. The highest BCUT2D eigenvalue weighted by molar-refractivity contribution is 5.16. The van der Waals surface area contributed by atoms with Crippen molar-refractivity contribution in [3.63, 3.8) is 0 Å². The van der Waals surface area contributed by atoms with Crippen LogP contribution >= 0.6 is 0 Å². The van der Waals surface area contributed by atoms with Crippen molar-refractivity contribution in [3.8, 4) is 12.3 Å². The highest BCUT2D eigenvalue weighted by Gasteiger charge is 1.96. The smallest absolute Gasteiger partial charge is 0.0660 e. The molecule has 0 spiro atoms. The molecule has 68 valence electrons. The average Bonchev–Trinajstić information content (AvgIpc) is 2.14. The Labute approximate surface area is 79.4 Å². The molecule has 0 aliphatic carbocycles. The maximum Gasteiger partial charge on any atom is 0.0660 e. The molecule has 1 rings (SSSR count). The second kappa shape index (κ2) is 4.64. The molecule has 1 heterocycles. The number of nitrogens with one attached hydrogen (secondary N) is 1. The zero-order valence-electron chi connectivity index (χ0n) is 8.04. The Morgan fingerprint density at radius 1 is 1.62 bits per heavy atom. The van der Waals surface area contributed by atoms with Crippen LogP contribution in [0.4, 0.5) is 0 Å². The number of rotatable bonds is 3. The largest absolute Gasteiger partial charge is 0.300 e. The van der Waals surface area contributed by atoms with Crippen LogP contribution in [-0.2, 0) is 6.54 Å². The summed E-state index contributed by atoms with van der Waals surface area (Å²) >= 11 is 0. The summed E-state index contributed by atoms with van der Waals surface area (Å²) in [6.07, 6.45) is 8.93. The Bertz CT molecular complexity index is 312. The fourth-order valence-electron chi connectivity index (χ4n) is 1.04. The van der Waals surface area contributed by atoms with Gasteiger partial charge < -0.3 is 0 Å². The third-order valence-corrected chi connectivity index (χ3v) is 1.79. The van der Waals surface area contributed by atoms with Gasteiger partial charge in [0.05, 0.1) is 6.04 Å². The van der Waals surface area contributed by atoms with Gasteiger partial charge >= 0.3 is 0 Å². The van der Waals surface area contributed by atoms with Gasteiger partial charge in [-0.2, -0.15) is 0 Å². The second-order valence-electron chi connectivity index (χ2n) is 3.14. The molecule has 1 aromatic rings. The molecule has 2 heteroatoms. The predicted octanol–water partition coefficient (Wildman–Crippen LogP) is 1.50. The number of pyridine rings is 1. The summed E-state index contributed by atoms with van der Waals surface area (Å²) in [4.78, 5) is 4.10. The van der Waals surface area contributed by atoms with E-state index in [1.54, 1.807) is 0 Å². The first-order valence-corrected chi connectivity index (χ1v) is 4.32. The van der Waals surface area contributed by atoms with Crippen LogP contribution in [0.1, 0.15) is 18.1 Å². The van der Waals surface area contributed by atoms with Crippen molar-refractivity contribution in [1.29, 1.82) is 0 Å². The summed E-state index contributed by atoms with van der Waals surface area (Å²) in [6, 6.07) is 2.21. The Balaban J connectivity index is 2.51. The van der Waals surface area contributed by atoms with Gasteiger partial charge in [0, 0.05) is 18.9 Å². The molecule has 0 amide bonds. The highest BCUT2D eigenvalue weighted by atomic mass is 14.9. The SMILES string of the molecule is C#CC(C)NCc1cncc(C)c1. The molecule has 2 nitrogen and oxygen atoms in total. The number of terminal acetylenes is 1. The lowest BCUT2D eigenvalue weighted by molar-refractivity contribution is 0.646. The van der Waals surface area contributed by atoms with Crippen molar-refractivity contribution in [3.05, 3.63) is 29.6 Å². The van der Waals surface area contributed by atoms with Crippen molar-refractivity contribution >= 4 is 0 Å². The summed E-state index contributed by atoms with van der Waals surface area (Å²) in [5.74, 6) is 2.62. The van der Waals surface area contributed by atoms with Gasteiger partial charge in [0.2, 0.25) is 0 Å². The first-order chi connectivity index (χ1) is 6.22. The Kier molecular flexibility index (Phi) is 3.48. The van der Waals surface area contributed by atoms with E-state index in [1.165, 1.54) is 11.1 Å². The third kappa shape index (κ3) is 3.27. The minimum atomic E-state index is 0.112. The van der Waals surface area contributed by atoms with Gasteiger partial charge in [0.1, 0.15) is 0 Å². The minimum Gasteiger partial charge on any atom is -0.300 e. The van der Waals surface area contributed by atoms with E-state index < -0.39 is 0 Å². The Morgan fingerprint density at radius 2 is 2.38 bits per heavy atom. The minimum absolute atomic E-state index is 0.112. The first-order valence-electron chi connectivity index (χ1n) is 4.32. The molecule has 1 atom stereocenters. The fourth-order valence-corrected chi connectivity index (χ4v) is 1.04. The Morgan fingerprint density at radius 3 is 3.00 bits per heavy atom. The van der Waals surface area contributed by atoms with E-state index in [0.717, 1.165) is 6.54 Å². The molecule has 13 heavy (non-hydrogen) atoms. The normalized spacial score (nSPS) is 12.1. The van der Waals surface area contributed by atoms with Crippen LogP contribution in [0.2, 0.25) is 0 Å². The van der Waals surface area contributed by atoms with E-state index in [-0.39, 0.29) is 6.04 Å². The molecule has 0 saturated carbocycles. The average molecular weight is 174 g/mol. The number of aryl methyl sites for hydroxylation is 1. The van der Waals surface area contributed by atoms with Gasteiger partial charge in [0.15, 0.2) is 0 Å². The van der Waals surface area contributed by atoms with Crippen molar-refractivity contribution in [2.24, 2.45) is 0 Å². The number of aromatic nitrogens is 1. The van der Waals surface area contributed by atoms with Gasteiger partial charge in [-0.15, -0.1) is 6.42 Å². The van der Waals surface area contributed by atoms with Crippen molar-refractivity contribution < 1.29 is 0 Å². The van der Waals surface area contributed by atoms with Crippen molar-refractivity contribution in [2.75, 3.05) is 0 Å². The molecule has 1 unspecified atom stereocenters. The van der Waals surface area contributed by atoms with Gasteiger partial charge in [-0.1, -0.05) is 12.0 Å². The second-order valence-corrected chi connectivity index (χ2v) is 3.14. The van der Waals surface area contributed by atoms with Gasteiger partial charge in [-0.25, -0.2) is 0 Å². The quantitative estimate of drug-likeness (QED) is 0.702. The fraction of sp³-hybridized carbons (Fsp3) is 0.364. The Hall–Kier alpha value is -1.33. The maximum atomic E-state index is 5.24. The molecule has 0 aliphatic rings. The molecule has 0 aliphatic heterocycles. The van der Waals surface area contributed by atoms with Crippen LogP contribution in [0.15, 0.2) is 18.5 Å². The zero-order chi connectivity index (χ0) is 9.68. The van der Waals surface area contributed by atoms with E-state index in [4.69, 9.17) is 6.42 Å². The highest BCUT2D eigenvalue weighted by Crippen LogP contribution is 2.00. The summed E-state index contributed by atoms with van der Waals surface area (Å²) in [6.45, 7) is 4.77. The monoisotopic (exact) mass is 174 g/mol. The predicted molar refractivity (Wildman–Crippen MR) is 54.1 cm³/mol. The lowest BCUT2D eigenvalue weighted by Crippen LogP contribution is -2.23. The van der Waals surface area contributed by atoms with Crippen LogP contribution in [0.5, 0.6) is 0 Å². The molecule has 0 bridgehead atoms. The summed E-state index contributed by atoms with van der Waals surface area (Å²) < 4.78 is 0. The van der Waals surface area contributed by atoms with Crippen LogP contribution in [0.3, 0.4) is 0 Å². The van der Waals surface area contributed by atoms with E-state index in [1.807, 2.05) is 26.2 Å². The standard InChI is InChI=1S/C11H14N2/c1-4-10(3)13-8-11-5-9(2)6-12-7-11/h1,5-7,10,13H,8H2,2-3H3. The molecular weight excluding hydrogens is 160 g/mol. The lowest BCUT2D eigenvalue weighted by Gasteiger charge is -2.07. The zero-order valence-corrected chi connectivity index (χ0v) is 8.04. The molecule has 0 fully saturated rings. The lowest BCUT2D eigenvalue weighted by atomic mass is 10.2. The van der Waals surface area contributed by atoms with Crippen molar-refractivity contribution in [2.45, 2.75) is 26.4 Å². The van der Waals surface area contributed by atoms with Crippen LogP contribution < -0.4 is 5.32 Å². The summed E-state index contributed by atoms with van der Waals surface area (Å²) in [5.41, 5.74) is 2.34. The molecule has 1 aromatic heterocycles. The van der Waals surface area contributed by atoms with Gasteiger partial charge in [0.25, 0.3) is 0 Å². The third-order valence-electron chi connectivity index (χ3n) is 1.79. The van der Waals surface area contributed by atoms with E-state index in [2.05, 4.69) is 22.3 Å². The first kappa shape index (κ1) is 9.76. The topological polar surface area (TPSA) is 24.9 Å². The van der Waals surface area contributed by atoms with Gasteiger partial charge in [-0.3, -0.25) is 10.3 Å². The van der Waals surface area contributed by atoms with E-state index >= 15 is 0 Å². The van der Waals surface area contributed by atoms with Crippen molar-refractivity contribution in [1.82, 2.24) is 10.3 Å². The number of nitrogens with zero attached hydrogens (tertiary/aromatic N) is 1. The van der Waals surface area contributed by atoms with E-state index in [0.29, 0.717) is 0 Å². The number of hydrogen-bond acceptors (Lipinski definition) is 2. The van der Waals surface area contributed by atoms with Crippen LogP contribution in [-0.4, -0.2) is 11.0 Å². The van der Waals surface area contributed by atoms with Crippen LogP contribution in [0, 0.1) is 19.3 Å². The number of hydrogen-bond donors (Lipinski definition) is 1. The maximum absolute atomic E-state index is 5.24. The molecule has 0 aromatic carbocycles. The summed E-state index contributed by atoms with van der Waals surface area (Å²) in [5, 5.41) is 3.20. The molecule has 0 saturated heterocycles. The summed E-state index contributed by atoms with van der Waals surface area (Å²) in [7, 11) is 0. The van der Waals surface area contributed by atoms with E-state index in [9.17, 15) is 0 Å². The van der Waals surface area contributed by atoms with Crippen LogP contribution in [0.25, 0.3) is 0 Å².